The van der Waals surface area contributed by atoms with Gasteiger partial charge in [0.2, 0.25) is 5.75 Å². The molecule has 1 saturated heterocycles. The maximum atomic E-state index is 13.3. The fourth-order valence-electron chi connectivity index (χ4n) is 4.58. The monoisotopic (exact) mass is 494 g/mol. The van der Waals surface area contributed by atoms with Gasteiger partial charge in [-0.05, 0) is 36.2 Å². The molecule has 1 heterocycles. The predicted molar refractivity (Wildman–Crippen MR) is 128 cm³/mol. The maximum Gasteiger partial charge on any atom is 0.204 e. The Morgan fingerprint density at radius 2 is 1.67 bits per heavy atom. The van der Waals surface area contributed by atoms with Crippen molar-refractivity contribution in [3.8, 4) is 23.0 Å². The SMILES string of the molecule is COc1cc2c(c(OC)c1OC)C(=O)C(N1CCN(CCOc3ccc(Cl)cc3Cl)CC1)C2. The lowest BCUT2D eigenvalue weighted by atomic mass is 10.1. The fourth-order valence-corrected chi connectivity index (χ4v) is 5.04. The average molecular weight is 495 g/mol. The highest BCUT2D eigenvalue weighted by molar-refractivity contribution is 6.35. The van der Waals surface area contributed by atoms with E-state index in [4.69, 9.17) is 42.1 Å². The zero-order valence-electron chi connectivity index (χ0n) is 19.0. The lowest BCUT2D eigenvalue weighted by Crippen LogP contribution is -2.52. The first-order valence-corrected chi connectivity index (χ1v) is 11.6. The van der Waals surface area contributed by atoms with Gasteiger partial charge in [-0.3, -0.25) is 14.6 Å². The standard InChI is InChI=1S/C24H28Cl2N2O5/c1-30-20-13-15-12-18(22(29)21(15)24(32-3)23(20)31-2)28-8-6-27(7-9-28)10-11-33-19-5-4-16(25)14-17(19)26/h4-5,13-14,18H,6-12H2,1-3H3. The van der Waals surface area contributed by atoms with Crippen LogP contribution in [0.3, 0.4) is 0 Å². The van der Waals surface area contributed by atoms with Gasteiger partial charge in [-0.2, -0.15) is 0 Å². The molecule has 0 amide bonds. The Morgan fingerprint density at radius 3 is 2.30 bits per heavy atom. The Morgan fingerprint density at radius 1 is 0.939 bits per heavy atom. The molecular formula is C24H28Cl2N2O5. The Hall–Kier alpha value is -2.19. The normalized spacial score (nSPS) is 18.8. The number of Topliss-reactive ketones (excluding diaryl/α,β-unsaturated/α-hetero) is 1. The first-order valence-electron chi connectivity index (χ1n) is 10.9. The molecule has 33 heavy (non-hydrogen) atoms. The smallest absolute Gasteiger partial charge is 0.204 e. The summed E-state index contributed by atoms with van der Waals surface area (Å²) < 4.78 is 22.3. The van der Waals surface area contributed by atoms with Crippen LogP contribution in [0.4, 0.5) is 0 Å². The molecule has 7 nitrogen and oxygen atoms in total. The van der Waals surface area contributed by atoms with Crippen LogP contribution in [0.2, 0.25) is 10.0 Å². The average Bonchev–Trinajstić information content (AvgIpc) is 3.15. The maximum absolute atomic E-state index is 13.3. The summed E-state index contributed by atoms with van der Waals surface area (Å²) in [5.41, 5.74) is 1.55. The van der Waals surface area contributed by atoms with Crippen LogP contribution in [0, 0.1) is 0 Å². The first kappa shape index (κ1) is 24.0. The van der Waals surface area contributed by atoms with Crippen LogP contribution >= 0.6 is 23.2 Å². The van der Waals surface area contributed by atoms with Crippen LogP contribution in [-0.2, 0) is 6.42 Å². The number of rotatable bonds is 8. The molecule has 2 aliphatic rings. The van der Waals surface area contributed by atoms with Crippen LogP contribution in [-0.4, -0.2) is 82.3 Å². The number of carbonyl (C=O) groups is 1. The number of hydrogen-bond donors (Lipinski definition) is 0. The third kappa shape index (κ3) is 4.87. The van der Waals surface area contributed by atoms with Gasteiger partial charge < -0.3 is 18.9 Å². The van der Waals surface area contributed by atoms with Crippen LogP contribution in [0.1, 0.15) is 15.9 Å². The Labute approximate surface area is 204 Å². The molecule has 1 aliphatic carbocycles. The second-order valence-corrected chi connectivity index (χ2v) is 8.91. The molecule has 2 aromatic carbocycles. The molecule has 0 bridgehead atoms. The van der Waals surface area contributed by atoms with Crippen LogP contribution in [0.25, 0.3) is 0 Å². The number of methoxy groups -OCH3 is 3. The van der Waals surface area contributed by atoms with Gasteiger partial charge in [0.25, 0.3) is 0 Å². The zero-order valence-corrected chi connectivity index (χ0v) is 20.5. The van der Waals surface area contributed by atoms with E-state index in [0.717, 1.165) is 38.3 Å². The van der Waals surface area contributed by atoms with E-state index in [2.05, 4.69) is 9.80 Å². The van der Waals surface area contributed by atoms with E-state index >= 15 is 0 Å². The molecule has 0 N–H and O–H groups in total. The summed E-state index contributed by atoms with van der Waals surface area (Å²) in [5.74, 6) is 2.20. The van der Waals surface area contributed by atoms with Crippen molar-refractivity contribution in [2.45, 2.75) is 12.5 Å². The lowest BCUT2D eigenvalue weighted by Gasteiger charge is -2.37. The minimum absolute atomic E-state index is 0.0805. The van der Waals surface area contributed by atoms with E-state index in [9.17, 15) is 4.79 Å². The van der Waals surface area contributed by atoms with E-state index in [1.165, 1.54) is 0 Å². The van der Waals surface area contributed by atoms with Gasteiger partial charge in [-0.1, -0.05) is 23.2 Å². The molecule has 2 aromatic rings. The van der Waals surface area contributed by atoms with E-state index in [-0.39, 0.29) is 11.8 Å². The minimum atomic E-state index is -0.197. The second-order valence-electron chi connectivity index (χ2n) is 8.06. The molecule has 9 heteroatoms. The largest absolute Gasteiger partial charge is 0.493 e. The number of hydrogen-bond acceptors (Lipinski definition) is 7. The lowest BCUT2D eigenvalue weighted by molar-refractivity contribution is 0.0665. The van der Waals surface area contributed by atoms with Crippen LogP contribution in [0.15, 0.2) is 24.3 Å². The van der Waals surface area contributed by atoms with Crippen molar-refractivity contribution >= 4 is 29.0 Å². The predicted octanol–water partition coefficient (Wildman–Crippen LogP) is 3.82. The van der Waals surface area contributed by atoms with Gasteiger partial charge in [0.05, 0.1) is 38.0 Å². The molecule has 0 radical (unpaired) electrons. The summed E-state index contributed by atoms with van der Waals surface area (Å²) in [6, 6.07) is 6.91. The molecule has 1 unspecified atom stereocenters. The molecule has 1 fully saturated rings. The molecular weight excluding hydrogens is 467 g/mol. The molecule has 0 saturated carbocycles. The number of nitrogens with zero attached hydrogens (tertiary/aromatic N) is 2. The van der Waals surface area contributed by atoms with Gasteiger partial charge in [0.1, 0.15) is 12.4 Å². The van der Waals surface area contributed by atoms with Gasteiger partial charge in [0, 0.05) is 37.7 Å². The van der Waals surface area contributed by atoms with Crippen molar-refractivity contribution in [2.75, 3.05) is 60.7 Å². The van der Waals surface area contributed by atoms with E-state index in [0.29, 0.717) is 51.6 Å². The Bertz CT molecular complexity index is 1020. The van der Waals surface area contributed by atoms with E-state index in [1.807, 2.05) is 6.07 Å². The molecule has 0 aromatic heterocycles. The molecule has 0 spiro atoms. The summed E-state index contributed by atoms with van der Waals surface area (Å²) in [6.45, 7) is 4.66. The summed E-state index contributed by atoms with van der Waals surface area (Å²) >= 11 is 12.1. The van der Waals surface area contributed by atoms with Crippen molar-refractivity contribution < 1.29 is 23.7 Å². The zero-order chi connectivity index (χ0) is 23.5. The van der Waals surface area contributed by atoms with Gasteiger partial charge >= 0.3 is 0 Å². The Balaban J connectivity index is 1.34. The van der Waals surface area contributed by atoms with E-state index < -0.39 is 0 Å². The number of benzene rings is 2. The molecule has 1 aliphatic heterocycles. The molecule has 1 atom stereocenters. The van der Waals surface area contributed by atoms with Crippen LogP contribution in [0.5, 0.6) is 23.0 Å². The topological polar surface area (TPSA) is 60.5 Å². The molecule has 4 rings (SSSR count). The number of piperazine rings is 1. The number of carbonyl (C=O) groups excluding carboxylic acids is 1. The third-order valence-corrected chi connectivity index (χ3v) is 6.81. The van der Waals surface area contributed by atoms with Crippen molar-refractivity contribution in [1.29, 1.82) is 0 Å². The van der Waals surface area contributed by atoms with E-state index in [1.54, 1.807) is 39.5 Å². The highest BCUT2D eigenvalue weighted by Crippen LogP contribution is 2.45. The highest BCUT2D eigenvalue weighted by Gasteiger charge is 2.40. The number of fused-ring (bicyclic) bond motifs is 1. The van der Waals surface area contributed by atoms with Gasteiger partial charge in [0.15, 0.2) is 17.3 Å². The number of ketones is 1. The van der Waals surface area contributed by atoms with Gasteiger partial charge in [-0.15, -0.1) is 0 Å². The Kier molecular flexibility index (Phi) is 7.54. The van der Waals surface area contributed by atoms with Crippen molar-refractivity contribution in [1.82, 2.24) is 9.80 Å². The minimum Gasteiger partial charge on any atom is -0.493 e. The number of halogens is 2. The summed E-state index contributed by atoms with van der Waals surface area (Å²) in [7, 11) is 4.69. The van der Waals surface area contributed by atoms with Crippen molar-refractivity contribution in [2.24, 2.45) is 0 Å². The first-order chi connectivity index (χ1) is 16.0. The third-order valence-electron chi connectivity index (χ3n) is 6.28. The molecule has 178 valence electrons. The quantitative estimate of drug-likeness (QED) is 0.552. The summed E-state index contributed by atoms with van der Waals surface area (Å²) in [4.78, 5) is 17.9. The van der Waals surface area contributed by atoms with Crippen LogP contribution < -0.4 is 18.9 Å². The second kappa shape index (κ2) is 10.4. The highest BCUT2D eigenvalue weighted by atomic mass is 35.5. The fraction of sp³-hybridized carbons (Fsp3) is 0.458. The summed E-state index contributed by atoms with van der Waals surface area (Å²) in [6.07, 6.45) is 0.642. The van der Waals surface area contributed by atoms with Gasteiger partial charge in [-0.25, -0.2) is 0 Å². The van der Waals surface area contributed by atoms with Crippen molar-refractivity contribution in [3.05, 3.63) is 45.4 Å². The number of ether oxygens (including phenoxy) is 4. The van der Waals surface area contributed by atoms with Crippen molar-refractivity contribution in [3.63, 3.8) is 0 Å². The summed E-state index contributed by atoms with van der Waals surface area (Å²) in [5, 5.41) is 1.09.